The van der Waals surface area contributed by atoms with Crippen molar-refractivity contribution in [3.63, 3.8) is 0 Å². The van der Waals surface area contributed by atoms with Crippen molar-refractivity contribution in [3.8, 4) is 0 Å². The first-order valence-corrected chi connectivity index (χ1v) is 5.40. The molecular formula is C12H14N2O3. The average molecular weight is 234 g/mol. The molecule has 2 rings (SSSR count). The third-order valence-electron chi connectivity index (χ3n) is 2.77. The second-order valence-electron chi connectivity index (χ2n) is 3.94. The molecule has 0 aliphatic carbocycles. The largest absolute Gasteiger partial charge is 0.504 e. The van der Waals surface area contributed by atoms with Crippen LogP contribution in [0.2, 0.25) is 0 Å². The summed E-state index contributed by atoms with van der Waals surface area (Å²) < 4.78 is 0. The van der Waals surface area contributed by atoms with E-state index in [1.54, 1.807) is 12.3 Å². The average Bonchev–Trinajstić information content (AvgIpc) is 2.43. The molecule has 0 unspecified atom stereocenters. The SMILES string of the molecule is CC1=C(CCO)C(=O)N2C=CC=C(O)C2=NC1. The lowest BCUT2D eigenvalue weighted by atomic mass is 10.1. The molecule has 0 saturated carbocycles. The van der Waals surface area contributed by atoms with Crippen molar-refractivity contribution in [2.75, 3.05) is 13.2 Å². The van der Waals surface area contributed by atoms with Crippen LogP contribution in [0.1, 0.15) is 13.3 Å². The van der Waals surface area contributed by atoms with Crippen LogP contribution < -0.4 is 0 Å². The van der Waals surface area contributed by atoms with Crippen molar-refractivity contribution < 1.29 is 15.0 Å². The van der Waals surface area contributed by atoms with Gasteiger partial charge in [0.25, 0.3) is 5.91 Å². The quantitative estimate of drug-likeness (QED) is 0.745. The lowest BCUT2D eigenvalue weighted by molar-refractivity contribution is -0.122. The molecule has 2 aliphatic heterocycles. The Bertz CT molecular complexity index is 472. The second kappa shape index (κ2) is 4.55. The fourth-order valence-electron chi connectivity index (χ4n) is 1.86. The monoisotopic (exact) mass is 234 g/mol. The van der Waals surface area contributed by atoms with E-state index in [9.17, 15) is 9.90 Å². The van der Waals surface area contributed by atoms with Crippen LogP contribution in [0.4, 0.5) is 0 Å². The lowest BCUT2D eigenvalue weighted by Gasteiger charge is -2.21. The first-order chi connectivity index (χ1) is 8.15. The van der Waals surface area contributed by atoms with E-state index in [2.05, 4.69) is 4.99 Å². The van der Waals surface area contributed by atoms with Gasteiger partial charge < -0.3 is 10.2 Å². The van der Waals surface area contributed by atoms with E-state index >= 15 is 0 Å². The first kappa shape index (κ1) is 11.6. The molecule has 90 valence electrons. The molecule has 0 atom stereocenters. The van der Waals surface area contributed by atoms with E-state index in [0.717, 1.165) is 5.57 Å². The number of carbonyl (C=O) groups is 1. The van der Waals surface area contributed by atoms with Crippen LogP contribution in [0, 0.1) is 0 Å². The fraction of sp³-hybridized carbons (Fsp3) is 0.333. The molecule has 2 aliphatic rings. The van der Waals surface area contributed by atoms with Gasteiger partial charge in [-0.15, -0.1) is 0 Å². The molecule has 0 spiro atoms. The summed E-state index contributed by atoms with van der Waals surface area (Å²) in [5.41, 5.74) is 1.39. The normalized spacial score (nSPS) is 19.9. The zero-order valence-corrected chi connectivity index (χ0v) is 9.55. The summed E-state index contributed by atoms with van der Waals surface area (Å²) >= 11 is 0. The minimum atomic E-state index is -0.233. The molecule has 0 bridgehead atoms. The van der Waals surface area contributed by atoms with E-state index in [4.69, 9.17) is 5.11 Å². The third-order valence-corrected chi connectivity index (χ3v) is 2.77. The number of allylic oxidation sites excluding steroid dienone is 2. The maximum absolute atomic E-state index is 12.2. The Morgan fingerprint density at radius 3 is 3.00 bits per heavy atom. The number of fused-ring (bicyclic) bond motifs is 1. The number of aliphatic imine (C=N–C) groups is 1. The number of hydrogen-bond acceptors (Lipinski definition) is 4. The molecule has 0 fully saturated rings. The highest BCUT2D eigenvalue weighted by atomic mass is 16.3. The number of amidine groups is 1. The molecule has 0 aromatic carbocycles. The zero-order valence-electron chi connectivity index (χ0n) is 9.55. The number of amides is 1. The molecule has 0 radical (unpaired) electrons. The van der Waals surface area contributed by atoms with E-state index < -0.39 is 0 Å². The molecule has 5 nitrogen and oxygen atoms in total. The van der Waals surface area contributed by atoms with E-state index in [1.165, 1.54) is 11.0 Å². The minimum absolute atomic E-state index is 0.0149. The molecule has 2 N–H and O–H groups in total. The summed E-state index contributed by atoms with van der Waals surface area (Å²) in [4.78, 5) is 17.7. The molecular weight excluding hydrogens is 220 g/mol. The maximum Gasteiger partial charge on any atom is 0.259 e. The summed E-state index contributed by atoms with van der Waals surface area (Å²) in [5.74, 6) is 0.0207. The predicted molar refractivity (Wildman–Crippen MR) is 63.4 cm³/mol. The van der Waals surface area contributed by atoms with Crippen LogP contribution >= 0.6 is 0 Å². The van der Waals surface area contributed by atoms with Gasteiger partial charge in [0, 0.05) is 24.8 Å². The second-order valence-corrected chi connectivity index (χ2v) is 3.94. The Kier molecular flexibility index (Phi) is 3.10. The van der Waals surface area contributed by atoms with Crippen LogP contribution in [-0.2, 0) is 4.79 Å². The van der Waals surface area contributed by atoms with Crippen LogP contribution in [-0.4, -0.2) is 40.0 Å². The third kappa shape index (κ3) is 2.01. The first-order valence-electron chi connectivity index (χ1n) is 5.40. The van der Waals surface area contributed by atoms with E-state index in [-0.39, 0.29) is 24.1 Å². The number of carbonyl (C=O) groups excluding carboxylic acids is 1. The topological polar surface area (TPSA) is 73.1 Å². The Labute approximate surface area is 99.1 Å². The molecule has 0 aromatic heterocycles. The summed E-state index contributed by atoms with van der Waals surface area (Å²) in [5, 5.41) is 18.6. The molecule has 0 aromatic rings. The number of nitrogens with zero attached hydrogens (tertiary/aromatic N) is 2. The standard InChI is InChI=1S/C12H14N2O3/c1-8-7-13-11-10(16)3-2-5-14(11)12(17)9(8)4-6-15/h2-3,5,15-16H,4,6-7H2,1H3. The summed E-state index contributed by atoms with van der Waals surface area (Å²) in [7, 11) is 0. The fourth-order valence-corrected chi connectivity index (χ4v) is 1.86. The van der Waals surface area contributed by atoms with Gasteiger partial charge in [-0.25, -0.2) is 0 Å². The van der Waals surface area contributed by atoms with Crippen LogP contribution in [0.5, 0.6) is 0 Å². The summed E-state index contributed by atoms with van der Waals surface area (Å²) in [6.45, 7) is 2.10. The molecule has 2 heterocycles. The highest BCUT2D eigenvalue weighted by Crippen LogP contribution is 2.21. The van der Waals surface area contributed by atoms with Gasteiger partial charge >= 0.3 is 0 Å². The van der Waals surface area contributed by atoms with Gasteiger partial charge in [-0.3, -0.25) is 14.7 Å². The number of hydrogen-bond donors (Lipinski definition) is 2. The van der Waals surface area contributed by atoms with Gasteiger partial charge in [0.1, 0.15) is 0 Å². The Morgan fingerprint density at radius 2 is 2.29 bits per heavy atom. The smallest absolute Gasteiger partial charge is 0.259 e. The van der Waals surface area contributed by atoms with Crippen LogP contribution in [0.25, 0.3) is 0 Å². The van der Waals surface area contributed by atoms with Crippen molar-refractivity contribution in [2.24, 2.45) is 4.99 Å². The van der Waals surface area contributed by atoms with Gasteiger partial charge in [0.05, 0.1) is 6.54 Å². The van der Waals surface area contributed by atoms with Gasteiger partial charge in [-0.05, 0) is 24.6 Å². The van der Waals surface area contributed by atoms with Gasteiger partial charge in [-0.1, -0.05) is 0 Å². The molecule has 17 heavy (non-hydrogen) atoms. The van der Waals surface area contributed by atoms with Crippen molar-refractivity contribution in [2.45, 2.75) is 13.3 Å². The van der Waals surface area contributed by atoms with Gasteiger partial charge in [0.15, 0.2) is 11.6 Å². The summed E-state index contributed by atoms with van der Waals surface area (Å²) in [6.07, 6.45) is 4.96. The molecule has 1 amide bonds. The number of aliphatic hydroxyl groups excluding tert-OH is 2. The number of rotatable bonds is 2. The van der Waals surface area contributed by atoms with E-state index in [0.29, 0.717) is 18.5 Å². The molecule has 0 saturated heterocycles. The van der Waals surface area contributed by atoms with Crippen molar-refractivity contribution in [1.29, 1.82) is 0 Å². The van der Waals surface area contributed by atoms with Gasteiger partial charge in [0.2, 0.25) is 0 Å². The lowest BCUT2D eigenvalue weighted by Crippen LogP contribution is -2.35. The van der Waals surface area contributed by atoms with Crippen molar-refractivity contribution >= 4 is 11.7 Å². The highest BCUT2D eigenvalue weighted by Gasteiger charge is 2.28. The van der Waals surface area contributed by atoms with Crippen LogP contribution in [0.15, 0.2) is 40.2 Å². The Hall–Kier alpha value is -1.88. The van der Waals surface area contributed by atoms with Crippen LogP contribution in [0.3, 0.4) is 0 Å². The van der Waals surface area contributed by atoms with Crippen molar-refractivity contribution in [3.05, 3.63) is 35.3 Å². The minimum Gasteiger partial charge on any atom is -0.504 e. The Balaban J connectivity index is 2.40. The predicted octanol–water partition coefficient (Wildman–Crippen LogP) is 0.895. The summed E-state index contributed by atoms with van der Waals surface area (Å²) in [6, 6.07) is 0. The van der Waals surface area contributed by atoms with Crippen molar-refractivity contribution in [1.82, 2.24) is 4.90 Å². The molecule has 5 heteroatoms. The maximum atomic E-state index is 12.2. The number of aliphatic hydroxyl groups is 2. The van der Waals surface area contributed by atoms with Gasteiger partial charge in [-0.2, -0.15) is 0 Å². The Morgan fingerprint density at radius 1 is 1.53 bits per heavy atom. The highest BCUT2D eigenvalue weighted by molar-refractivity contribution is 6.13. The van der Waals surface area contributed by atoms with E-state index in [1.807, 2.05) is 6.92 Å². The zero-order chi connectivity index (χ0) is 12.4.